The standard InChI is InChI=1S/C9H18O4/c10-4-6-11-7-8-13-9-3-1-2-5-12-9/h9-10H,1-8H2. The van der Waals surface area contributed by atoms with Gasteiger partial charge in [0.25, 0.3) is 0 Å². The summed E-state index contributed by atoms with van der Waals surface area (Å²) in [5.41, 5.74) is 0. The second-order valence-electron chi connectivity index (χ2n) is 3.00. The Hall–Kier alpha value is -0.160. The highest BCUT2D eigenvalue weighted by Gasteiger charge is 2.13. The minimum atomic E-state index is -0.0357. The Balaban J connectivity index is 1.86. The predicted molar refractivity (Wildman–Crippen MR) is 47.4 cm³/mol. The van der Waals surface area contributed by atoms with Crippen LogP contribution in [0.3, 0.4) is 0 Å². The Labute approximate surface area is 78.8 Å². The summed E-state index contributed by atoms with van der Waals surface area (Å²) in [5, 5.41) is 8.42. The number of aliphatic hydroxyl groups excluding tert-OH is 1. The zero-order valence-electron chi connectivity index (χ0n) is 7.91. The van der Waals surface area contributed by atoms with E-state index in [1.807, 2.05) is 0 Å². The van der Waals surface area contributed by atoms with Gasteiger partial charge in [-0.1, -0.05) is 0 Å². The Morgan fingerprint density at radius 3 is 2.85 bits per heavy atom. The van der Waals surface area contributed by atoms with Crippen LogP contribution in [0.15, 0.2) is 0 Å². The van der Waals surface area contributed by atoms with Crippen molar-refractivity contribution in [2.24, 2.45) is 0 Å². The van der Waals surface area contributed by atoms with Crippen molar-refractivity contribution in [3.8, 4) is 0 Å². The minimum Gasteiger partial charge on any atom is -0.394 e. The van der Waals surface area contributed by atoms with E-state index in [1.54, 1.807) is 0 Å². The van der Waals surface area contributed by atoms with Crippen molar-refractivity contribution in [1.29, 1.82) is 0 Å². The topological polar surface area (TPSA) is 47.9 Å². The molecule has 1 fully saturated rings. The predicted octanol–water partition coefficient (Wildman–Crippen LogP) is 0.538. The summed E-state index contributed by atoms with van der Waals surface area (Å²) in [6.45, 7) is 2.34. The first-order chi connectivity index (χ1) is 6.43. The SMILES string of the molecule is OCCOCCOC1CCCCO1. The number of rotatable bonds is 6. The highest BCUT2D eigenvalue weighted by atomic mass is 16.7. The van der Waals surface area contributed by atoms with Gasteiger partial charge >= 0.3 is 0 Å². The summed E-state index contributed by atoms with van der Waals surface area (Å²) >= 11 is 0. The molecule has 0 spiro atoms. The maximum atomic E-state index is 8.42. The van der Waals surface area contributed by atoms with Crippen LogP contribution in [-0.2, 0) is 14.2 Å². The number of hydrogen-bond acceptors (Lipinski definition) is 4. The van der Waals surface area contributed by atoms with Crippen molar-refractivity contribution in [3.05, 3.63) is 0 Å². The van der Waals surface area contributed by atoms with Crippen LogP contribution in [0.4, 0.5) is 0 Å². The Morgan fingerprint density at radius 2 is 2.15 bits per heavy atom. The first kappa shape index (κ1) is 10.9. The lowest BCUT2D eigenvalue weighted by molar-refractivity contribution is -0.169. The second-order valence-corrected chi connectivity index (χ2v) is 3.00. The molecule has 1 N–H and O–H groups in total. The molecule has 0 bridgehead atoms. The molecule has 13 heavy (non-hydrogen) atoms. The summed E-state index contributed by atoms with van der Waals surface area (Å²) in [6.07, 6.45) is 3.27. The quantitative estimate of drug-likeness (QED) is 0.621. The third-order valence-corrected chi connectivity index (χ3v) is 1.90. The van der Waals surface area contributed by atoms with Crippen molar-refractivity contribution < 1.29 is 19.3 Å². The van der Waals surface area contributed by atoms with Gasteiger partial charge in [0.15, 0.2) is 6.29 Å². The van der Waals surface area contributed by atoms with Crippen LogP contribution < -0.4 is 0 Å². The fourth-order valence-electron chi connectivity index (χ4n) is 1.25. The van der Waals surface area contributed by atoms with E-state index < -0.39 is 0 Å². The molecule has 1 unspecified atom stereocenters. The molecule has 1 aliphatic rings. The van der Waals surface area contributed by atoms with Crippen LogP contribution >= 0.6 is 0 Å². The molecule has 4 heteroatoms. The molecule has 1 heterocycles. The van der Waals surface area contributed by atoms with Crippen LogP contribution in [-0.4, -0.2) is 44.4 Å². The summed E-state index contributed by atoms with van der Waals surface area (Å²) in [4.78, 5) is 0. The third kappa shape index (κ3) is 5.21. The van der Waals surface area contributed by atoms with Crippen molar-refractivity contribution in [2.75, 3.05) is 33.0 Å². The molecule has 0 aromatic rings. The molecule has 1 saturated heterocycles. The lowest BCUT2D eigenvalue weighted by Crippen LogP contribution is -2.24. The molecule has 1 aliphatic heterocycles. The van der Waals surface area contributed by atoms with Crippen molar-refractivity contribution in [3.63, 3.8) is 0 Å². The molecule has 0 aliphatic carbocycles. The van der Waals surface area contributed by atoms with Crippen molar-refractivity contribution in [2.45, 2.75) is 25.6 Å². The van der Waals surface area contributed by atoms with E-state index in [2.05, 4.69) is 0 Å². The van der Waals surface area contributed by atoms with Gasteiger partial charge in [-0.25, -0.2) is 0 Å². The molecule has 78 valence electrons. The lowest BCUT2D eigenvalue weighted by Gasteiger charge is -2.22. The van der Waals surface area contributed by atoms with Gasteiger partial charge in [-0.3, -0.25) is 0 Å². The van der Waals surface area contributed by atoms with Crippen LogP contribution in [0.5, 0.6) is 0 Å². The van der Waals surface area contributed by atoms with Gasteiger partial charge in [0.05, 0.1) is 26.4 Å². The minimum absolute atomic E-state index is 0.0357. The molecular weight excluding hydrogens is 172 g/mol. The van der Waals surface area contributed by atoms with Gasteiger partial charge in [0.1, 0.15) is 0 Å². The molecule has 1 rings (SSSR count). The Morgan fingerprint density at radius 1 is 1.23 bits per heavy atom. The van der Waals surface area contributed by atoms with E-state index in [0.717, 1.165) is 19.4 Å². The van der Waals surface area contributed by atoms with Gasteiger partial charge in [0, 0.05) is 6.61 Å². The second kappa shape index (κ2) is 7.26. The van der Waals surface area contributed by atoms with Gasteiger partial charge in [-0.2, -0.15) is 0 Å². The van der Waals surface area contributed by atoms with E-state index in [1.165, 1.54) is 6.42 Å². The average molecular weight is 190 g/mol. The molecule has 0 aromatic heterocycles. The number of aliphatic hydroxyl groups is 1. The van der Waals surface area contributed by atoms with Crippen LogP contribution in [0, 0.1) is 0 Å². The summed E-state index contributed by atoms with van der Waals surface area (Å²) < 4.78 is 15.8. The first-order valence-corrected chi connectivity index (χ1v) is 4.85. The fraction of sp³-hybridized carbons (Fsp3) is 1.00. The summed E-state index contributed by atoms with van der Waals surface area (Å²) in [5.74, 6) is 0. The molecular formula is C9H18O4. The molecule has 0 radical (unpaired) electrons. The monoisotopic (exact) mass is 190 g/mol. The highest BCUT2D eigenvalue weighted by Crippen LogP contribution is 2.13. The zero-order chi connectivity index (χ0) is 9.36. The number of ether oxygens (including phenoxy) is 3. The first-order valence-electron chi connectivity index (χ1n) is 4.85. The fourth-order valence-corrected chi connectivity index (χ4v) is 1.25. The molecule has 0 saturated carbocycles. The number of hydrogen-bond donors (Lipinski definition) is 1. The highest BCUT2D eigenvalue weighted by molar-refractivity contribution is 4.53. The Bertz CT molecular complexity index is 112. The third-order valence-electron chi connectivity index (χ3n) is 1.90. The van der Waals surface area contributed by atoms with E-state index in [4.69, 9.17) is 19.3 Å². The van der Waals surface area contributed by atoms with E-state index >= 15 is 0 Å². The maximum absolute atomic E-state index is 8.42. The van der Waals surface area contributed by atoms with Gasteiger partial charge in [-0.15, -0.1) is 0 Å². The smallest absolute Gasteiger partial charge is 0.157 e. The van der Waals surface area contributed by atoms with E-state index in [9.17, 15) is 0 Å². The molecule has 1 atom stereocenters. The van der Waals surface area contributed by atoms with Crippen molar-refractivity contribution in [1.82, 2.24) is 0 Å². The van der Waals surface area contributed by atoms with Crippen LogP contribution in [0.25, 0.3) is 0 Å². The van der Waals surface area contributed by atoms with Crippen molar-refractivity contribution >= 4 is 0 Å². The largest absolute Gasteiger partial charge is 0.394 e. The van der Waals surface area contributed by atoms with Gasteiger partial charge in [0.2, 0.25) is 0 Å². The molecule has 4 nitrogen and oxygen atoms in total. The maximum Gasteiger partial charge on any atom is 0.157 e. The molecule has 0 amide bonds. The normalized spacial score (nSPS) is 23.3. The Kier molecular flexibility index (Phi) is 6.10. The van der Waals surface area contributed by atoms with Crippen LogP contribution in [0.2, 0.25) is 0 Å². The zero-order valence-corrected chi connectivity index (χ0v) is 7.91. The molecule has 0 aromatic carbocycles. The summed E-state index contributed by atoms with van der Waals surface area (Å²) in [6, 6.07) is 0. The average Bonchev–Trinajstić information content (AvgIpc) is 2.19. The lowest BCUT2D eigenvalue weighted by atomic mass is 10.2. The summed E-state index contributed by atoms with van der Waals surface area (Å²) in [7, 11) is 0. The van der Waals surface area contributed by atoms with Gasteiger partial charge < -0.3 is 19.3 Å². The van der Waals surface area contributed by atoms with E-state index in [-0.39, 0.29) is 12.9 Å². The van der Waals surface area contributed by atoms with E-state index in [0.29, 0.717) is 19.8 Å². The van der Waals surface area contributed by atoms with Gasteiger partial charge in [-0.05, 0) is 19.3 Å². The van der Waals surface area contributed by atoms with Crippen LogP contribution in [0.1, 0.15) is 19.3 Å².